The lowest BCUT2D eigenvalue weighted by molar-refractivity contribution is 0.213. The Morgan fingerprint density at radius 2 is 2.08 bits per heavy atom. The van der Waals surface area contributed by atoms with Crippen LogP contribution < -0.4 is 20.1 Å². The molecule has 1 aliphatic heterocycles. The molecule has 6 heteroatoms. The van der Waals surface area contributed by atoms with E-state index in [1.165, 1.54) is 18.6 Å². The van der Waals surface area contributed by atoms with E-state index in [-0.39, 0.29) is 6.10 Å². The summed E-state index contributed by atoms with van der Waals surface area (Å²) in [5, 5.41) is 6.76. The van der Waals surface area contributed by atoms with Crippen molar-refractivity contribution in [2.45, 2.75) is 37.5 Å². The van der Waals surface area contributed by atoms with Crippen LogP contribution >= 0.6 is 11.8 Å². The zero-order valence-electron chi connectivity index (χ0n) is 15.1. The summed E-state index contributed by atoms with van der Waals surface area (Å²) in [6.07, 6.45) is 2.56. The third-order valence-corrected chi connectivity index (χ3v) is 5.65. The van der Waals surface area contributed by atoms with Crippen LogP contribution in [0.5, 0.6) is 11.5 Å². The Balaban J connectivity index is 1.78. The molecule has 2 N–H and O–H groups in total. The summed E-state index contributed by atoms with van der Waals surface area (Å²) in [4.78, 5) is 4.30. The summed E-state index contributed by atoms with van der Waals surface area (Å²) in [6.45, 7) is 5.94. The molecule has 1 fully saturated rings. The molecule has 24 heavy (non-hydrogen) atoms. The van der Waals surface area contributed by atoms with Gasteiger partial charge in [-0.05, 0) is 44.6 Å². The number of nitrogens with one attached hydrogen (secondary N) is 2. The SMILES string of the molecule is CN=C(NCC(C)Oc1ccccc1OC)NCC1(C)CCCS1. The van der Waals surface area contributed by atoms with Gasteiger partial charge in [-0.25, -0.2) is 0 Å². The van der Waals surface area contributed by atoms with Gasteiger partial charge in [-0.2, -0.15) is 11.8 Å². The highest BCUT2D eigenvalue weighted by Crippen LogP contribution is 2.36. The number of thioether (sulfide) groups is 1. The normalized spacial score (nSPS) is 22.1. The fraction of sp³-hybridized carbons (Fsp3) is 0.611. The number of guanidine groups is 1. The number of methoxy groups -OCH3 is 1. The fourth-order valence-corrected chi connectivity index (χ4v) is 3.93. The highest BCUT2D eigenvalue weighted by Gasteiger charge is 2.29. The van der Waals surface area contributed by atoms with E-state index in [4.69, 9.17) is 9.47 Å². The molecule has 0 aliphatic carbocycles. The number of aliphatic imine (C=N–C) groups is 1. The van der Waals surface area contributed by atoms with Crippen molar-refractivity contribution < 1.29 is 9.47 Å². The molecule has 134 valence electrons. The first-order valence-corrected chi connectivity index (χ1v) is 9.43. The van der Waals surface area contributed by atoms with Crippen molar-refractivity contribution in [3.05, 3.63) is 24.3 Å². The molecule has 0 spiro atoms. The third kappa shape index (κ3) is 5.51. The van der Waals surface area contributed by atoms with E-state index >= 15 is 0 Å². The van der Waals surface area contributed by atoms with E-state index in [2.05, 4.69) is 22.5 Å². The number of benzene rings is 1. The highest BCUT2D eigenvalue weighted by atomic mass is 32.2. The Hall–Kier alpha value is -1.56. The van der Waals surface area contributed by atoms with Gasteiger partial charge in [0.15, 0.2) is 17.5 Å². The van der Waals surface area contributed by atoms with Gasteiger partial charge in [-0.1, -0.05) is 12.1 Å². The topological polar surface area (TPSA) is 54.9 Å². The van der Waals surface area contributed by atoms with E-state index in [0.29, 0.717) is 11.3 Å². The second kappa shape index (κ2) is 9.06. The monoisotopic (exact) mass is 351 g/mol. The minimum atomic E-state index is -0.00343. The van der Waals surface area contributed by atoms with Gasteiger partial charge in [-0.3, -0.25) is 4.99 Å². The van der Waals surface area contributed by atoms with Crippen LogP contribution in [0.1, 0.15) is 26.7 Å². The smallest absolute Gasteiger partial charge is 0.191 e. The second-order valence-electron chi connectivity index (χ2n) is 6.29. The first-order chi connectivity index (χ1) is 11.6. The third-order valence-electron chi connectivity index (χ3n) is 4.11. The molecule has 1 aromatic rings. The summed E-state index contributed by atoms with van der Waals surface area (Å²) in [7, 11) is 3.45. The number of hydrogen-bond donors (Lipinski definition) is 2. The van der Waals surface area contributed by atoms with Gasteiger partial charge in [0, 0.05) is 18.3 Å². The molecule has 0 aromatic heterocycles. The molecular weight excluding hydrogens is 322 g/mol. The van der Waals surface area contributed by atoms with E-state index in [1.807, 2.05) is 43.0 Å². The van der Waals surface area contributed by atoms with Crippen molar-refractivity contribution in [3.63, 3.8) is 0 Å². The van der Waals surface area contributed by atoms with Crippen LogP contribution in [0.15, 0.2) is 29.3 Å². The zero-order valence-corrected chi connectivity index (χ0v) is 15.9. The van der Waals surface area contributed by atoms with E-state index < -0.39 is 0 Å². The Morgan fingerprint density at radius 1 is 1.33 bits per heavy atom. The molecule has 5 nitrogen and oxygen atoms in total. The molecule has 2 atom stereocenters. The van der Waals surface area contributed by atoms with E-state index in [1.54, 1.807) is 14.2 Å². The molecule has 1 saturated heterocycles. The Kier molecular flexibility index (Phi) is 7.09. The summed E-state index contributed by atoms with van der Waals surface area (Å²) in [5.74, 6) is 3.58. The van der Waals surface area contributed by atoms with Gasteiger partial charge in [0.1, 0.15) is 6.10 Å². The molecule has 0 saturated carbocycles. The first-order valence-electron chi connectivity index (χ1n) is 8.44. The fourth-order valence-electron chi connectivity index (χ4n) is 2.68. The lowest BCUT2D eigenvalue weighted by Crippen LogP contribution is -2.46. The lowest BCUT2D eigenvalue weighted by atomic mass is 10.1. The number of hydrogen-bond acceptors (Lipinski definition) is 4. The van der Waals surface area contributed by atoms with Crippen molar-refractivity contribution >= 4 is 17.7 Å². The van der Waals surface area contributed by atoms with E-state index in [9.17, 15) is 0 Å². The quantitative estimate of drug-likeness (QED) is 0.584. The summed E-state index contributed by atoms with van der Waals surface area (Å²) < 4.78 is 11.6. The first kappa shape index (κ1) is 18.8. The molecule has 0 bridgehead atoms. The largest absolute Gasteiger partial charge is 0.493 e. The maximum Gasteiger partial charge on any atom is 0.191 e. The Morgan fingerprint density at radius 3 is 2.71 bits per heavy atom. The number of nitrogens with zero attached hydrogens (tertiary/aromatic N) is 1. The van der Waals surface area contributed by atoms with Crippen LogP contribution in [0, 0.1) is 0 Å². The van der Waals surface area contributed by atoms with Crippen molar-refractivity contribution in [2.24, 2.45) is 4.99 Å². The molecule has 2 unspecified atom stereocenters. The Bertz CT molecular complexity index is 545. The van der Waals surface area contributed by atoms with Gasteiger partial charge in [0.05, 0.1) is 13.7 Å². The molecule has 0 radical (unpaired) electrons. The number of para-hydroxylation sites is 2. The summed E-state index contributed by atoms with van der Waals surface area (Å²) in [5.41, 5.74) is 0. The second-order valence-corrected chi connectivity index (χ2v) is 7.97. The average molecular weight is 352 g/mol. The lowest BCUT2D eigenvalue weighted by Gasteiger charge is -2.25. The van der Waals surface area contributed by atoms with Gasteiger partial charge in [0.25, 0.3) is 0 Å². The summed E-state index contributed by atoms with van der Waals surface area (Å²) in [6, 6.07) is 7.69. The van der Waals surface area contributed by atoms with Crippen LogP contribution in [0.25, 0.3) is 0 Å². The molecular formula is C18H29N3O2S. The van der Waals surface area contributed by atoms with Crippen LogP contribution in [-0.2, 0) is 0 Å². The Labute approximate surface area is 149 Å². The standard InChI is InChI=1S/C18H29N3O2S/c1-14(23-16-9-6-5-8-15(16)22-4)12-20-17(19-3)21-13-18(2)10-7-11-24-18/h5-6,8-9,14H,7,10-13H2,1-4H3,(H2,19,20,21). The number of ether oxygens (including phenoxy) is 2. The zero-order chi connectivity index (χ0) is 17.4. The maximum atomic E-state index is 5.95. The van der Waals surface area contributed by atoms with Crippen LogP contribution in [-0.4, -0.2) is 49.8 Å². The van der Waals surface area contributed by atoms with Crippen molar-refractivity contribution in [3.8, 4) is 11.5 Å². The van der Waals surface area contributed by atoms with Crippen LogP contribution in [0.3, 0.4) is 0 Å². The average Bonchev–Trinajstić information content (AvgIpc) is 3.02. The van der Waals surface area contributed by atoms with Crippen LogP contribution in [0.2, 0.25) is 0 Å². The van der Waals surface area contributed by atoms with Crippen molar-refractivity contribution in [1.82, 2.24) is 10.6 Å². The highest BCUT2D eigenvalue weighted by molar-refractivity contribution is 8.00. The molecule has 0 amide bonds. The predicted octanol–water partition coefficient (Wildman–Crippen LogP) is 2.91. The van der Waals surface area contributed by atoms with Gasteiger partial charge >= 0.3 is 0 Å². The summed E-state index contributed by atoms with van der Waals surface area (Å²) >= 11 is 2.04. The molecule has 1 aliphatic rings. The number of rotatable bonds is 7. The molecule has 1 heterocycles. The predicted molar refractivity (Wildman–Crippen MR) is 103 cm³/mol. The van der Waals surface area contributed by atoms with Crippen molar-refractivity contribution in [1.29, 1.82) is 0 Å². The molecule has 1 aromatic carbocycles. The van der Waals surface area contributed by atoms with Crippen molar-refractivity contribution in [2.75, 3.05) is 33.0 Å². The van der Waals surface area contributed by atoms with Gasteiger partial charge < -0.3 is 20.1 Å². The van der Waals surface area contributed by atoms with E-state index in [0.717, 1.165) is 24.0 Å². The molecule has 2 rings (SSSR count). The van der Waals surface area contributed by atoms with Gasteiger partial charge in [-0.15, -0.1) is 0 Å². The van der Waals surface area contributed by atoms with Crippen LogP contribution in [0.4, 0.5) is 0 Å². The minimum Gasteiger partial charge on any atom is -0.493 e. The minimum absolute atomic E-state index is 0.00343. The maximum absolute atomic E-state index is 5.95. The van der Waals surface area contributed by atoms with Gasteiger partial charge in [0.2, 0.25) is 0 Å².